The fraction of sp³-hybridized carbons (Fsp3) is 0.706. The summed E-state index contributed by atoms with van der Waals surface area (Å²) in [4.78, 5) is 31.3. The Bertz CT molecular complexity index is 757. The van der Waals surface area contributed by atoms with Gasteiger partial charge in [-0.1, -0.05) is 31.1 Å². The monoisotopic (exact) mass is 402 g/mol. The molecule has 2 rings (SSSR count). The van der Waals surface area contributed by atoms with E-state index in [1.54, 1.807) is 18.7 Å². The van der Waals surface area contributed by atoms with Gasteiger partial charge in [0.15, 0.2) is 15.0 Å². The third-order valence-electron chi connectivity index (χ3n) is 4.31. The second-order valence-electron chi connectivity index (χ2n) is 6.43. The van der Waals surface area contributed by atoms with Crippen molar-refractivity contribution < 1.29 is 22.7 Å². The molecule has 0 saturated carbocycles. The molecule has 1 atom stereocenters. The molecule has 1 amide bonds. The number of nitrogens with zero attached hydrogens (tertiary/aromatic N) is 2. The van der Waals surface area contributed by atoms with Gasteiger partial charge in [0.1, 0.15) is 4.88 Å². The number of ether oxygens (including phenoxy) is 1. The van der Waals surface area contributed by atoms with Crippen molar-refractivity contribution in [3.63, 3.8) is 0 Å². The van der Waals surface area contributed by atoms with Crippen molar-refractivity contribution in [1.29, 1.82) is 0 Å². The number of aryl methyl sites for hydroxylation is 1. The Kier molecular flexibility index (Phi) is 7.16. The Morgan fingerprint density at radius 2 is 2.04 bits per heavy atom. The number of unbranched alkanes of at least 4 members (excludes halogenated alkanes) is 2. The average Bonchev–Trinajstić information content (AvgIpc) is 3.14. The van der Waals surface area contributed by atoms with E-state index in [9.17, 15) is 18.0 Å². The normalized spacial score (nSPS) is 18.7. The third-order valence-corrected chi connectivity index (χ3v) is 7.24. The van der Waals surface area contributed by atoms with Crippen LogP contribution in [0, 0.1) is 12.8 Å². The van der Waals surface area contributed by atoms with Gasteiger partial charge in [-0.05, 0) is 26.7 Å². The maximum Gasteiger partial charge on any atom is 0.350 e. The number of carbonyl (C=O) groups is 2. The Hall–Kier alpha value is -1.48. The topological polar surface area (TPSA) is 93.6 Å². The van der Waals surface area contributed by atoms with E-state index in [1.165, 1.54) is 0 Å². The molecular weight excluding hydrogens is 376 g/mol. The Labute approximate surface area is 158 Å². The van der Waals surface area contributed by atoms with Crippen molar-refractivity contribution in [1.82, 2.24) is 4.98 Å². The number of hydrogen-bond acceptors (Lipinski definition) is 7. The number of esters is 1. The van der Waals surface area contributed by atoms with Crippen molar-refractivity contribution >= 4 is 38.2 Å². The molecule has 1 saturated heterocycles. The van der Waals surface area contributed by atoms with Gasteiger partial charge in [0.2, 0.25) is 5.91 Å². The summed E-state index contributed by atoms with van der Waals surface area (Å²) in [5.41, 5.74) is 0.524. The molecule has 1 unspecified atom stereocenters. The molecule has 26 heavy (non-hydrogen) atoms. The highest BCUT2D eigenvalue weighted by Crippen LogP contribution is 2.30. The van der Waals surface area contributed by atoms with Gasteiger partial charge < -0.3 is 4.74 Å². The molecule has 1 aromatic rings. The molecule has 0 bridgehead atoms. The lowest BCUT2D eigenvalue weighted by molar-refractivity contribution is -0.121. The minimum absolute atomic E-state index is 0.0528. The summed E-state index contributed by atoms with van der Waals surface area (Å²) in [7, 11) is -3.14. The van der Waals surface area contributed by atoms with Gasteiger partial charge in [-0.15, -0.1) is 0 Å². The lowest BCUT2D eigenvalue weighted by Crippen LogP contribution is -2.37. The summed E-state index contributed by atoms with van der Waals surface area (Å²) in [5, 5.41) is 0.441. The molecule has 1 aromatic heterocycles. The van der Waals surface area contributed by atoms with Crippen molar-refractivity contribution in [3.8, 4) is 0 Å². The molecule has 2 heterocycles. The highest BCUT2D eigenvalue weighted by Gasteiger charge is 2.36. The SMILES string of the molecule is CCCCCN(C(=O)C1CCS(=O)(=O)C1)c1nc(C)c(C(=O)OCC)s1. The number of thiazole rings is 1. The van der Waals surface area contributed by atoms with Crippen LogP contribution in [0.25, 0.3) is 0 Å². The molecule has 9 heteroatoms. The van der Waals surface area contributed by atoms with Gasteiger partial charge in [-0.2, -0.15) is 0 Å². The number of anilines is 1. The molecule has 7 nitrogen and oxygen atoms in total. The fourth-order valence-corrected chi connectivity index (χ4v) is 5.64. The van der Waals surface area contributed by atoms with E-state index >= 15 is 0 Å². The zero-order valence-electron chi connectivity index (χ0n) is 15.5. The second-order valence-corrected chi connectivity index (χ2v) is 9.63. The summed E-state index contributed by atoms with van der Waals surface area (Å²) in [5.74, 6) is -1.25. The van der Waals surface area contributed by atoms with Gasteiger partial charge in [0.05, 0.1) is 29.7 Å². The first-order valence-electron chi connectivity index (χ1n) is 8.95. The lowest BCUT2D eigenvalue weighted by atomic mass is 10.1. The van der Waals surface area contributed by atoms with Crippen molar-refractivity contribution in [3.05, 3.63) is 10.6 Å². The first-order valence-corrected chi connectivity index (χ1v) is 11.6. The predicted octanol–water partition coefficient (Wildman–Crippen LogP) is 2.59. The summed E-state index contributed by atoms with van der Waals surface area (Å²) >= 11 is 1.13. The summed E-state index contributed by atoms with van der Waals surface area (Å²) in [6, 6.07) is 0. The zero-order chi connectivity index (χ0) is 19.3. The molecule has 1 fully saturated rings. The largest absolute Gasteiger partial charge is 0.462 e. The van der Waals surface area contributed by atoms with Gasteiger partial charge in [0, 0.05) is 6.54 Å². The molecule has 0 spiro atoms. The maximum atomic E-state index is 13.0. The smallest absolute Gasteiger partial charge is 0.350 e. The van der Waals surface area contributed by atoms with Crippen molar-refractivity contribution in [2.75, 3.05) is 29.6 Å². The van der Waals surface area contributed by atoms with Crippen LogP contribution in [-0.2, 0) is 19.4 Å². The molecule has 0 radical (unpaired) electrons. The molecule has 0 aromatic carbocycles. The number of sulfone groups is 1. The van der Waals surface area contributed by atoms with Crippen LogP contribution < -0.4 is 4.90 Å². The van der Waals surface area contributed by atoms with E-state index in [-0.39, 0.29) is 24.0 Å². The first kappa shape index (κ1) is 20.8. The number of aromatic nitrogens is 1. The molecule has 1 aliphatic rings. The molecule has 146 valence electrons. The third kappa shape index (κ3) is 5.03. The minimum Gasteiger partial charge on any atom is -0.462 e. The molecule has 1 aliphatic heterocycles. The number of amides is 1. The average molecular weight is 403 g/mol. The van der Waals surface area contributed by atoms with Crippen LogP contribution in [0.5, 0.6) is 0 Å². The van der Waals surface area contributed by atoms with E-state index in [2.05, 4.69) is 11.9 Å². The van der Waals surface area contributed by atoms with Crippen LogP contribution in [0.3, 0.4) is 0 Å². The highest BCUT2D eigenvalue weighted by atomic mass is 32.2. The van der Waals surface area contributed by atoms with E-state index < -0.39 is 21.7 Å². The van der Waals surface area contributed by atoms with Crippen molar-refractivity contribution in [2.24, 2.45) is 5.92 Å². The fourth-order valence-electron chi connectivity index (χ4n) is 2.91. The highest BCUT2D eigenvalue weighted by molar-refractivity contribution is 7.91. The van der Waals surface area contributed by atoms with E-state index in [1.807, 2.05) is 0 Å². The number of carbonyl (C=O) groups excluding carboxylic acids is 2. The van der Waals surface area contributed by atoms with Gasteiger partial charge in [-0.3, -0.25) is 9.69 Å². The van der Waals surface area contributed by atoms with Crippen LogP contribution in [0.1, 0.15) is 54.9 Å². The molecule has 0 N–H and O–H groups in total. The van der Waals surface area contributed by atoms with Crippen LogP contribution in [-0.4, -0.2) is 49.9 Å². The van der Waals surface area contributed by atoms with Gasteiger partial charge in [0.25, 0.3) is 0 Å². The Morgan fingerprint density at radius 1 is 1.31 bits per heavy atom. The number of rotatable bonds is 8. The van der Waals surface area contributed by atoms with Gasteiger partial charge >= 0.3 is 5.97 Å². The predicted molar refractivity (Wildman–Crippen MR) is 101 cm³/mol. The van der Waals surface area contributed by atoms with Crippen LogP contribution in [0.4, 0.5) is 5.13 Å². The van der Waals surface area contributed by atoms with Gasteiger partial charge in [-0.25, -0.2) is 18.2 Å². The van der Waals surface area contributed by atoms with E-state index in [0.29, 0.717) is 28.7 Å². The van der Waals surface area contributed by atoms with E-state index in [4.69, 9.17) is 4.74 Å². The number of hydrogen-bond donors (Lipinski definition) is 0. The summed E-state index contributed by atoms with van der Waals surface area (Å²) in [6.07, 6.45) is 3.11. The lowest BCUT2D eigenvalue weighted by Gasteiger charge is -2.22. The second kappa shape index (κ2) is 8.94. The maximum absolute atomic E-state index is 13.0. The quantitative estimate of drug-likeness (QED) is 0.490. The first-order chi connectivity index (χ1) is 12.3. The summed E-state index contributed by atoms with van der Waals surface area (Å²) in [6.45, 7) is 6.25. The molecular formula is C17H26N2O5S2. The van der Waals surface area contributed by atoms with Crippen molar-refractivity contribution in [2.45, 2.75) is 46.5 Å². The summed E-state index contributed by atoms with van der Waals surface area (Å²) < 4.78 is 28.5. The van der Waals surface area contributed by atoms with Crippen LogP contribution >= 0.6 is 11.3 Å². The standard InChI is InChI=1S/C17H26N2O5S2/c1-4-6-7-9-19(15(20)13-8-10-26(22,23)11-13)17-18-12(3)14(25-17)16(21)24-5-2/h13H,4-11H2,1-3H3. The Morgan fingerprint density at radius 3 is 2.62 bits per heavy atom. The van der Waals surface area contributed by atoms with Crippen LogP contribution in [0.2, 0.25) is 0 Å². The Balaban J connectivity index is 2.25. The van der Waals surface area contributed by atoms with Crippen LogP contribution in [0.15, 0.2) is 0 Å². The minimum atomic E-state index is -3.14. The molecule has 0 aliphatic carbocycles. The zero-order valence-corrected chi connectivity index (χ0v) is 17.1. The van der Waals surface area contributed by atoms with E-state index in [0.717, 1.165) is 30.6 Å².